The second kappa shape index (κ2) is 4.73. The van der Waals surface area contributed by atoms with Crippen LogP contribution in [0.15, 0.2) is 36.8 Å². The minimum atomic E-state index is 0.516. The lowest BCUT2D eigenvalue weighted by Gasteiger charge is -2.06. The van der Waals surface area contributed by atoms with Gasteiger partial charge >= 0.3 is 0 Å². The lowest BCUT2D eigenvalue weighted by atomic mass is 10.1. The Hall–Kier alpha value is -0.930. The summed E-state index contributed by atoms with van der Waals surface area (Å²) in [6.45, 7) is 0. The number of hydrogen-bond donors (Lipinski definition) is 0. The van der Waals surface area contributed by atoms with Gasteiger partial charge in [0.25, 0.3) is 0 Å². The quantitative estimate of drug-likeness (QED) is 0.620. The number of alkyl halides is 1. The highest BCUT2D eigenvalue weighted by Gasteiger charge is 2.05. The molecule has 0 spiro atoms. The topological polar surface area (TPSA) is 25.8 Å². The van der Waals surface area contributed by atoms with Crippen LogP contribution < -0.4 is 0 Å². The molecule has 0 aliphatic heterocycles. The van der Waals surface area contributed by atoms with Crippen LogP contribution in [0.2, 0.25) is 5.15 Å². The molecule has 0 radical (unpaired) electrons. The first-order chi connectivity index (χ1) is 7.31. The minimum Gasteiger partial charge on any atom is -0.265 e. The fourth-order valence-electron chi connectivity index (χ4n) is 1.37. The van der Waals surface area contributed by atoms with E-state index in [2.05, 4.69) is 25.9 Å². The van der Waals surface area contributed by atoms with Crippen molar-refractivity contribution in [3.63, 3.8) is 0 Å². The number of pyridine rings is 2. The van der Waals surface area contributed by atoms with E-state index in [4.69, 9.17) is 11.6 Å². The summed E-state index contributed by atoms with van der Waals surface area (Å²) in [6.07, 6.45) is 5.32. The fraction of sp³-hybridized carbons (Fsp3) is 0.0909. The van der Waals surface area contributed by atoms with Crippen LogP contribution in [0.4, 0.5) is 0 Å². The molecule has 0 aromatic carbocycles. The van der Waals surface area contributed by atoms with Crippen LogP contribution in [0.25, 0.3) is 11.1 Å². The molecule has 2 heterocycles. The van der Waals surface area contributed by atoms with Gasteiger partial charge in [-0.3, -0.25) is 4.98 Å². The van der Waals surface area contributed by atoms with Crippen molar-refractivity contribution in [3.8, 4) is 11.1 Å². The molecule has 0 N–H and O–H groups in total. The zero-order valence-electron chi connectivity index (χ0n) is 7.82. The summed E-state index contributed by atoms with van der Waals surface area (Å²) in [5.41, 5.74) is 3.31. The molecule has 2 nitrogen and oxygen atoms in total. The van der Waals surface area contributed by atoms with Gasteiger partial charge < -0.3 is 0 Å². The molecule has 4 heteroatoms. The number of rotatable bonds is 2. The number of aromatic nitrogens is 2. The summed E-state index contributed by atoms with van der Waals surface area (Å²) < 4.78 is 0. The second-order valence-electron chi connectivity index (χ2n) is 3.03. The predicted octanol–water partition coefficient (Wildman–Crippen LogP) is 3.69. The first kappa shape index (κ1) is 10.6. The lowest BCUT2D eigenvalue weighted by Crippen LogP contribution is -1.88. The monoisotopic (exact) mass is 282 g/mol. The van der Waals surface area contributed by atoms with Crippen LogP contribution >= 0.6 is 27.5 Å². The summed E-state index contributed by atoms with van der Waals surface area (Å²) in [4.78, 5) is 8.07. The van der Waals surface area contributed by atoms with Gasteiger partial charge in [-0.1, -0.05) is 27.5 Å². The molecule has 0 bridgehead atoms. The Morgan fingerprint density at radius 3 is 2.67 bits per heavy atom. The zero-order chi connectivity index (χ0) is 10.7. The molecule has 2 rings (SSSR count). The highest BCUT2D eigenvalue weighted by atomic mass is 79.9. The second-order valence-corrected chi connectivity index (χ2v) is 3.98. The summed E-state index contributed by atoms with van der Waals surface area (Å²) >= 11 is 9.28. The summed E-state index contributed by atoms with van der Waals surface area (Å²) in [5.74, 6) is 0. The van der Waals surface area contributed by atoms with Crippen molar-refractivity contribution in [1.82, 2.24) is 9.97 Å². The van der Waals surface area contributed by atoms with Crippen molar-refractivity contribution in [2.75, 3.05) is 0 Å². The Morgan fingerprint density at radius 1 is 1.27 bits per heavy atom. The van der Waals surface area contributed by atoms with Gasteiger partial charge in [-0.15, -0.1) is 0 Å². The third kappa shape index (κ3) is 2.36. The van der Waals surface area contributed by atoms with Crippen molar-refractivity contribution < 1.29 is 0 Å². The number of halogens is 2. The average Bonchev–Trinajstić information content (AvgIpc) is 2.30. The molecule has 76 valence electrons. The Kier molecular flexibility index (Phi) is 3.34. The molecule has 2 aromatic heterocycles. The third-order valence-electron chi connectivity index (χ3n) is 2.09. The molecule has 0 aliphatic rings. The minimum absolute atomic E-state index is 0.516. The Morgan fingerprint density at radius 2 is 2.00 bits per heavy atom. The van der Waals surface area contributed by atoms with Gasteiger partial charge in [0.15, 0.2) is 0 Å². The van der Waals surface area contributed by atoms with Crippen LogP contribution in [-0.4, -0.2) is 9.97 Å². The van der Waals surface area contributed by atoms with E-state index >= 15 is 0 Å². The van der Waals surface area contributed by atoms with E-state index in [9.17, 15) is 0 Å². The van der Waals surface area contributed by atoms with Crippen LogP contribution in [0.3, 0.4) is 0 Å². The number of hydrogen-bond acceptors (Lipinski definition) is 2. The molecular weight excluding hydrogens is 275 g/mol. The van der Waals surface area contributed by atoms with E-state index in [1.807, 2.05) is 18.2 Å². The SMILES string of the molecule is Clc1cc(CBr)c(-c2ccncc2)cn1. The van der Waals surface area contributed by atoms with Crippen LogP contribution in [0.1, 0.15) is 5.56 Å². The summed E-state index contributed by atoms with van der Waals surface area (Å²) in [5, 5.41) is 1.27. The van der Waals surface area contributed by atoms with Gasteiger partial charge in [0, 0.05) is 29.5 Å². The third-order valence-corrected chi connectivity index (χ3v) is 2.90. The molecule has 0 fully saturated rings. The van der Waals surface area contributed by atoms with E-state index in [0.717, 1.165) is 22.0 Å². The summed E-state index contributed by atoms with van der Waals surface area (Å²) in [7, 11) is 0. The average molecular weight is 284 g/mol. The molecule has 0 saturated carbocycles. The van der Waals surface area contributed by atoms with Gasteiger partial charge in [-0.25, -0.2) is 4.98 Å². The van der Waals surface area contributed by atoms with Crippen molar-refractivity contribution in [3.05, 3.63) is 47.5 Å². The van der Waals surface area contributed by atoms with Gasteiger partial charge in [0.1, 0.15) is 5.15 Å². The molecule has 2 aromatic rings. The van der Waals surface area contributed by atoms with Crippen molar-refractivity contribution >= 4 is 27.5 Å². The molecular formula is C11H8BrClN2. The molecule has 0 aliphatic carbocycles. The molecule has 0 amide bonds. The van der Waals surface area contributed by atoms with Gasteiger partial charge in [-0.05, 0) is 29.3 Å². The fourth-order valence-corrected chi connectivity index (χ4v) is 2.01. The van der Waals surface area contributed by atoms with E-state index in [1.165, 1.54) is 0 Å². The largest absolute Gasteiger partial charge is 0.265 e. The maximum Gasteiger partial charge on any atom is 0.129 e. The van der Waals surface area contributed by atoms with E-state index in [-0.39, 0.29) is 0 Å². The highest BCUT2D eigenvalue weighted by molar-refractivity contribution is 9.08. The Bertz CT molecular complexity index is 459. The maximum absolute atomic E-state index is 5.84. The van der Waals surface area contributed by atoms with Crippen LogP contribution in [0.5, 0.6) is 0 Å². The molecule has 0 saturated heterocycles. The van der Waals surface area contributed by atoms with E-state index < -0.39 is 0 Å². The first-order valence-electron chi connectivity index (χ1n) is 4.42. The van der Waals surface area contributed by atoms with E-state index in [0.29, 0.717) is 5.15 Å². The Balaban J connectivity index is 2.53. The highest BCUT2D eigenvalue weighted by Crippen LogP contribution is 2.25. The maximum atomic E-state index is 5.84. The van der Waals surface area contributed by atoms with Gasteiger partial charge in [-0.2, -0.15) is 0 Å². The van der Waals surface area contributed by atoms with Gasteiger partial charge in [0.2, 0.25) is 0 Å². The van der Waals surface area contributed by atoms with Crippen molar-refractivity contribution in [1.29, 1.82) is 0 Å². The zero-order valence-corrected chi connectivity index (χ0v) is 10.2. The lowest BCUT2D eigenvalue weighted by molar-refractivity contribution is 1.26. The predicted molar refractivity (Wildman–Crippen MR) is 65.1 cm³/mol. The van der Waals surface area contributed by atoms with Gasteiger partial charge in [0.05, 0.1) is 0 Å². The van der Waals surface area contributed by atoms with Crippen LogP contribution in [-0.2, 0) is 5.33 Å². The van der Waals surface area contributed by atoms with E-state index in [1.54, 1.807) is 18.6 Å². The molecule has 0 atom stereocenters. The standard InChI is InChI=1S/C11H8BrClN2/c12-6-9-5-11(13)15-7-10(9)8-1-3-14-4-2-8/h1-5,7H,6H2. The number of nitrogens with zero attached hydrogens (tertiary/aromatic N) is 2. The van der Waals surface area contributed by atoms with Crippen LogP contribution in [0, 0.1) is 0 Å². The van der Waals surface area contributed by atoms with Crippen molar-refractivity contribution in [2.45, 2.75) is 5.33 Å². The smallest absolute Gasteiger partial charge is 0.129 e. The normalized spacial score (nSPS) is 10.3. The molecule has 15 heavy (non-hydrogen) atoms. The first-order valence-corrected chi connectivity index (χ1v) is 5.92. The summed E-state index contributed by atoms with van der Waals surface area (Å²) in [6, 6.07) is 5.78. The molecule has 0 unspecified atom stereocenters. The van der Waals surface area contributed by atoms with Crippen molar-refractivity contribution in [2.24, 2.45) is 0 Å². The Labute approximate surface area is 101 Å².